The Bertz CT molecular complexity index is 1350. The Balaban J connectivity index is 1.43. The van der Waals surface area contributed by atoms with Gasteiger partial charge in [-0.05, 0) is 42.5 Å². The highest BCUT2D eigenvalue weighted by molar-refractivity contribution is 5.83. The van der Waals surface area contributed by atoms with Crippen LogP contribution in [-0.2, 0) is 13.1 Å². The van der Waals surface area contributed by atoms with Crippen molar-refractivity contribution in [2.45, 2.75) is 13.1 Å². The van der Waals surface area contributed by atoms with Gasteiger partial charge in [0.15, 0.2) is 0 Å². The first-order valence-electron chi connectivity index (χ1n) is 10.5. The second kappa shape index (κ2) is 8.88. The Morgan fingerprint density at radius 3 is 2.48 bits per heavy atom. The van der Waals surface area contributed by atoms with Crippen molar-refractivity contribution in [3.63, 3.8) is 0 Å². The number of methoxy groups -OCH3 is 2. The van der Waals surface area contributed by atoms with Crippen LogP contribution < -0.4 is 24.4 Å². The summed E-state index contributed by atoms with van der Waals surface area (Å²) in [4.78, 5) is 15.2. The lowest BCUT2D eigenvalue weighted by molar-refractivity contribution is 0.0882. The first-order chi connectivity index (χ1) is 16.2. The first kappa shape index (κ1) is 20.9. The van der Waals surface area contributed by atoms with Gasteiger partial charge in [-0.2, -0.15) is 0 Å². The molecule has 3 aromatic carbocycles. The van der Waals surface area contributed by atoms with Gasteiger partial charge in [-0.15, -0.1) is 0 Å². The summed E-state index contributed by atoms with van der Waals surface area (Å²) in [6.45, 7) is 1.65. The van der Waals surface area contributed by atoms with E-state index in [9.17, 15) is 4.79 Å². The van der Waals surface area contributed by atoms with Crippen LogP contribution in [0.5, 0.6) is 28.7 Å². The molecule has 0 fully saturated rings. The molecule has 0 saturated heterocycles. The molecule has 0 unspecified atom stereocenters. The highest BCUT2D eigenvalue weighted by atomic mass is 16.5. The lowest BCUT2D eigenvalue weighted by atomic mass is 10.1. The monoisotopic (exact) mass is 445 g/mol. The molecule has 0 radical (unpaired) electrons. The fourth-order valence-corrected chi connectivity index (χ4v) is 3.95. The SMILES string of the molecule is COc1ccc(Oc2coc3c4c(ccc3c2=O)OCN(Cc2ccccc2OC)C4)cc1. The van der Waals surface area contributed by atoms with E-state index < -0.39 is 0 Å². The van der Waals surface area contributed by atoms with Crippen molar-refractivity contribution < 1.29 is 23.4 Å². The molecule has 4 aromatic rings. The standard InChI is InChI=1S/C26H23NO6/c1-29-18-7-9-19(10-8-18)33-24-15-31-26-20(25(24)28)11-12-23-21(26)14-27(16-32-23)13-17-5-3-4-6-22(17)30-2/h3-12,15H,13-14,16H2,1-2H3. The van der Waals surface area contributed by atoms with Gasteiger partial charge in [-0.1, -0.05) is 18.2 Å². The summed E-state index contributed by atoms with van der Waals surface area (Å²) < 4.78 is 28.3. The number of rotatable bonds is 6. The van der Waals surface area contributed by atoms with Crippen molar-refractivity contribution in [1.29, 1.82) is 0 Å². The van der Waals surface area contributed by atoms with E-state index in [1.54, 1.807) is 44.6 Å². The van der Waals surface area contributed by atoms with E-state index in [1.165, 1.54) is 6.26 Å². The van der Waals surface area contributed by atoms with E-state index in [2.05, 4.69) is 4.90 Å². The molecule has 1 aliphatic rings. The summed E-state index contributed by atoms with van der Waals surface area (Å²) in [6.07, 6.45) is 1.36. The van der Waals surface area contributed by atoms with E-state index in [0.717, 1.165) is 16.9 Å². The maximum Gasteiger partial charge on any atom is 0.235 e. The lowest BCUT2D eigenvalue weighted by Crippen LogP contribution is -2.31. The maximum atomic E-state index is 13.1. The molecular formula is C26H23NO6. The first-order valence-corrected chi connectivity index (χ1v) is 10.5. The average Bonchev–Trinajstić information content (AvgIpc) is 2.86. The maximum absolute atomic E-state index is 13.1. The van der Waals surface area contributed by atoms with Crippen molar-refractivity contribution in [2.75, 3.05) is 21.0 Å². The van der Waals surface area contributed by atoms with Gasteiger partial charge in [0.2, 0.25) is 11.2 Å². The second-order valence-electron chi connectivity index (χ2n) is 7.70. The summed E-state index contributed by atoms with van der Waals surface area (Å²) in [5.74, 6) is 2.89. The quantitative estimate of drug-likeness (QED) is 0.416. The number of nitrogens with zero attached hydrogens (tertiary/aromatic N) is 1. The molecule has 0 saturated carbocycles. The molecule has 1 aromatic heterocycles. The summed E-state index contributed by atoms with van der Waals surface area (Å²) in [7, 11) is 3.25. The highest BCUT2D eigenvalue weighted by Crippen LogP contribution is 2.34. The van der Waals surface area contributed by atoms with Gasteiger partial charge in [0.05, 0.1) is 25.2 Å². The van der Waals surface area contributed by atoms with Crippen molar-refractivity contribution in [2.24, 2.45) is 0 Å². The largest absolute Gasteiger partial charge is 0.497 e. The molecule has 168 valence electrons. The van der Waals surface area contributed by atoms with Crippen LogP contribution >= 0.6 is 0 Å². The predicted molar refractivity (Wildman–Crippen MR) is 123 cm³/mol. The molecule has 0 spiro atoms. The number of ether oxygens (including phenoxy) is 4. The van der Waals surface area contributed by atoms with E-state index >= 15 is 0 Å². The minimum absolute atomic E-state index is 0.121. The third-order valence-electron chi connectivity index (χ3n) is 5.63. The number of hydrogen-bond acceptors (Lipinski definition) is 7. The van der Waals surface area contributed by atoms with Crippen LogP contribution in [0.15, 0.2) is 76.1 Å². The average molecular weight is 445 g/mol. The Kier molecular flexibility index (Phi) is 5.62. The molecule has 0 N–H and O–H groups in total. The zero-order valence-electron chi connectivity index (χ0n) is 18.4. The molecule has 5 rings (SSSR count). The number of fused-ring (bicyclic) bond motifs is 3. The summed E-state index contributed by atoms with van der Waals surface area (Å²) in [5.41, 5.74) is 2.16. The number of hydrogen-bond donors (Lipinski definition) is 0. The summed E-state index contributed by atoms with van der Waals surface area (Å²) in [6, 6.07) is 18.4. The van der Waals surface area contributed by atoms with E-state index in [0.29, 0.717) is 48.0 Å². The fourth-order valence-electron chi connectivity index (χ4n) is 3.95. The van der Waals surface area contributed by atoms with Crippen molar-refractivity contribution in [1.82, 2.24) is 4.90 Å². The fraction of sp³-hybridized carbons (Fsp3) is 0.192. The Labute approximate surface area is 190 Å². The van der Waals surface area contributed by atoms with Gasteiger partial charge in [0.25, 0.3) is 0 Å². The van der Waals surface area contributed by atoms with E-state index in [4.69, 9.17) is 23.4 Å². The third-order valence-corrected chi connectivity index (χ3v) is 5.63. The summed E-state index contributed by atoms with van der Waals surface area (Å²) in [5, 5.41) is 0.447. The smallest absolute Gasteiger partial charge is 0.235 e. The zero-order valence-corrected chi connectivity index (χ0v) is 18.4. The van der Waals surface area contributed by atoms with Gasteiger partial charge in [-0.3, -0.25) is 9.69 Å². The molecule has 0 atom stereocenters. The van der Waals surface area contributed by atoms with Crippen LogP contribution in [0.1, 0.15) is 11.1 Å². The Morgan fingerprint density at radius 1 is 0.909 bits per heavy atom. The van der Waals surface area contributed by atoms with Crippen LogP contribution in [0.4, 0.5) is 0 Å². The molecule has 0 aliphatic carbocycles. The van der Waals surface area contributed by atoms with E-state index in [-0.39, 0.29) is 11.2 Å². The van der Waals surface area contributed by atoms with Crippen LogP contribution in [0, 0.1) is 0 Å². The normalized spacial score (nSPS) is 13.3. The minimum Gasteiger partial charge on any atom is -0.497 e. The third kappa shape index (κ3) is 4.10. The van der Waals surface area contributed by atoms with E-state index in [1.807, 2.05) is 30.3 Å². The number of benzene rings is 3. The van der Waals surface area contributed by atoms with Crippen LogP contribution in [0.25, 0.3) is 11.0 Å². The lowest BCUT2D eigenvalue weighted by Gasteiger charge is -2.29. The van der Waals surface area contributed by atoms with Crippen LogP contribution in [0.3, 0.4) is 0 Å². The minimum atomic E-state index is -0.239. The molecule has 33 heavy (non-hydrogen) atoms. The van der Waals surface area contributed by atoms with Crippen molar-refractivity contribution in [3.8, 4) is 28.7 Å². The van der Waals surface area contributed by atoms with Gasteiger partial charge in [0.1, 0.15) is 41.6 Å². The van der Waals surface area contributed by atoms with Crippen molar-refractivity contribution >= 4 is 11.0 Å². The highest BCUT2D eigenvalue weighted by Gasteiger charge is 2.23. The van der Waals surface area contributed by atoms with Crippen LogP contribution in [-0.4, -0.2) is 25.9 Å². The molecular weight excluding hydrogens is 422 g/mol. The molecule has 0 amide bonds. The van der Waals surface area contributed by atoms with Crippen LogP contribution in [0.2, 0.25) is 0 Å². The molecule has 1 aliphatic heterocycles. The molecule has 2 heterocycles. The molecule has 7 nitrogen and oxygen atoms in total. The Morgan fingerprint density at radius 2 is 1.70 bits per heavy atom. The van der Waals surface area contributed by atoms with Gasteiger partial charge >= 0.3 is 0 Å². The Hall–Kier alpha value is -3.97. The summed E-state index contributed by atoms with van der Waals surface area (Å²) >= 11 is 0. The second-order valence-corrected chi connectivity index (χ2v) is 7.70. The van der Waals surface area contributed by atoms with Crippen molar-refractivity contribution in [3.05, 3.63) is 88.3 Å². The molecule has 7 heteroatoms. The molecule has 0 bridgehead atoms. The number of para-hydroxylation sites is 1. The van der Waals surface area contributed by atoms with Gasteiger partial charge in [-0.25, -0.2) is 0 Å². The van der Waals surface area contributed by atoms with Gasteiger partial charge < -0.3 is 23.4 Å². The van der Waals surface area contributed by atoms with Gasteiger partial charge in [0, 0.05) is 18.7 Å². The zero-order chi connectivity index (χ0) is 22.8. The predicted octanol–water partition coefficient (Wildman–Crippen LogP) is 4.95. The topological polar surface area (TPSA) is 70.4 Å².